The first-order valence-corrected chi connectivity index (χ1v) is 10.5. The maximum absolute atomic E-state index is 13.1. The number of hydrogen-bond acceptors (Lipinski definition) is 6. The van der Waals surface area contributed by atoms with E-state index < -0.39 is 6.04 Å². The van der Waals surface area contributed by atoms with Gasteiger partial charge in [-0.15, -0.1) is 10.2 Å². The molecule has 1 saturated heterocycles. The Kier molecular flexibility index (Phi) is 5.61. The number of rotatable bonds is 5. The molecule has 1 aliphatic heterocycles. The van der Waals surface area contributed by atoms with Crippen LogP contribution in [0, 0.1) is 5.82 Å². The van der Waals surface area contributed by atoms with Gasteiger partial charge in [0.05, 0.1) is 0 Å². The molecule has 4 rings (SSSR count). The lowest BCUT2D eigenvalue weighted by Crippen LogP contribution is -2.54. The van der Waals surface area contributed by atoms with Gasteiger partial charge >= 0.3 is 6.03 Å². The van der Waals surface area contributed by atoms with Gasteiger partial charge in [0.1, 0.15) is 16.9 Å². The van der Waals surface area contributed by atoms with Gasteiger partial charge in [0, 0.05) is 37.8 Å². The average Bonchev–Trinajstić information content (AvgIpc) is 3.48. The zero-order valence-corrected chi connectivity index (χ0v) is 16.9. The molecule has 2 aliphatic rings. The highest BCUT2D eigenvalue weighted by Gasteiger charge is 2.28. The molecule has 1 saturated carbocycles. The molecule has 1 atom stereocenters. The van der Waals surface area contributed by atoms with E-state index >= 15 is 0 Å². The molecule has 10 heteroatoms. The number of halogens is 1. The molecule has 1 aromatic carbocycles. The van der Waals surface area contributed by atoms with E-state index in [1.807, 2.05) is 0 Å². The van der Waals surface area contributed by atoms with Crippen molar-refractivity contribution >= 4 is 34.1 Å². The minimum atomic E-state index is -0.689. The van der Waals surface area contributed by atoms with E-state index in [2.05, 4.69) is 25.7 Å². The first-order chi connectivity index (χ1) is 14.0. The molecular formula is C19H23FN6O2S. The Bertz CT molecular complexity index is 877. The van der Waals surface area contributed by atoms with Crippen LogP contribution >= 0.6 is 11.3 Å². The maximum atomic E-state index is 13.1. The van der Waals surface area contributed by atoms with Gasteiger partial charge < -0.3 is 15.1 Å². The number of aromatic nitrogens is 2. The van der Waals surface area contributed by atoms with Gasteiger partial charge in [-0.05, 0) is 44.0 Å². The minimum absolute atomic E-state index is 0.267. The summed E-state index contributed by atoms with van der Waals surface area (Å²) in [6.07, 6.45) is 2.26. The summed E-state index contributed by atoms with van der Waals surface area (Å²) in [5, 5.41) is 15.0. The molecule has 1 aliphatic carbocycles. The zero-order valence-electron chi connectivity index (χ0n) is 16.1. The molecule has 154 valence electrons. The van der Waals surface area contributed by atoms with Crippen LogP contribution in [0.4, 0.5) is 20.0 Å². The fourth-order valence-electron chi connectivity index (χ4n) is 3.16. The third-order valence-corrected chi connectivity index (χ3v) is 6.09. The summed E-state index contributed by atoms with van der Waals surface area (Å²) >= 11 is 1.39. The van der Waals surface area contributed by atoms with Crippen LogP contribution in [0.2, 0.25) is 0 Å². The summed E-state index contributed by atoms with van der Waals surface area (Å²) in [5.41, 5.74) is 0.932. The number of piperazine rings is 1. The van der Waals surface area contributed by atoms with E-state index in [9.17, 15) is 14.0 Å². The van der Waals surface area contributed by atoms with Gasteiger partial charge in [0.15, 0.2) is 0 Å². The topological polar surface area (TPSA) is 90.5 Å². The van der Waals surface area contributed by atoms with Gasteiger partial charge in [0.25, 0.3) is 0 Å². The molecule has 0 bridgehead atoms. The van der Waals surface area contributed by atoms with Gasteiger partial charge in [-0.25, -0.2) is 9.18 Å². The highest BCUT2D eigenvalue weighted by atomic mass is 32.1. The van der Waals surface area contributed by atoms with Crippen molar-refractivity contribution < 1.29 is 14.0 Å². The highest BCUT2D eigenvalue weighted by Crippen LogP contribution is 2.42. The Balaban J connectivity index is 1.24. The second kappa shape index (κ2) is 8.32. The quantitative estimate of drug-likeness (QED) is 0.778. The summed E-state index contributed by atoms with van der Waals surface area (Å²) in [7, 11) is 0. The van der Waals surface area contributed by atoms with Crippen molar-refractivity contribution in [2.75, 3.05) is 36.4 Å². The lowest BCUT2D eigenvalue weighted by atomic mass is 10.2. The van der Waals surface area contributed by atoms with Gasteiger partial charge in [0.2, 0.25) is 11.0 Å². The van der Waals surface area contributed by atoms with E-state index in [1.165, 1.54) is 23.5 Å². The predicted molar refractivity (Wildman–Crippen MR) is 109 cm³/mol. The number of carbonyl (C=O) groups excluding carboxylic acids is 2. The Hall–Kier alpha value is -2.75. The average molecular weight is 418 g/mol. The predicted octanol–water partition coefficient (Wildman–Crippen LogP) is 2.41. The number of urea groups is 1. The van der Waals surface area contributed by atoms with Crippen molar-refractivity contribution in [1.29, 1.82) is 0 Å². The monoisotopic (exact) mass is 418 g/mol. The van der Waals surface area contributed by atoms with Crippen LogP contribution in [0.25, 0.3) is 0 Å². The molecule has 29 heavy (non-hydrogen) atoms. The third-order valence-electron chi connectivity index (χ3n) is 5.09. The van der Waals surface area contributed by atoms with Crippen LogP contribution in [0.5, 0.6) is 0 Å². The second-order valence-corrected chi connectivity index (χ2v) is 8.34. The van der Waals surface area contributed by atoms with Crippen molar-refractivity contribution in [3.05, 3.63) is 35.1 Å². The number of carbonyl (C=O) groups is 2. The van der Waals surface area contributed by atoms with E-state index in [-0.39, 0.29) is 17.8 Å². The van der Waals surface area contributed by atoms with Crippen LogP contribution in [0.15, 0.2) is 24.3 Å². The van der Waals surface area contributed by atoms with Gasteiger partial charge in [-0.1, -0.05) is 11.3 Å². The van der Waals surface area contributed by atoms with Crippen molar-refractivity contribution in [2.45, 2.75) is 31.7 Å². The van der Waals surface area contributed by atoms with E-state index in [4.69, 9.17) is 0 Å². The molecule has 2 N–H and O–H groups in total. The number of benzene rings is 1. The number of nitrogens with zero attached hydrogens (tertiary/aromatic N) is 4. The van der Waals surface area contributed by atoms with Gasteiger partial charge in [-0.2, -0.15) is 0 Å². The largest absolute Gasteiger partial charge is 0.368 e. The summed E-state index contributed by atoms with van der Waals surface area (Å²) < 4.78 is 13.1. The van der Waals surface area contributed by atoms with E-state index in [0.717, 1.165) is 23.5 Å². The fraction of sp³-hybridized carbons (Fsp3) is 0.474. The standard InChI is InChI=1S/C19H23FN6O2S/c1-12(16(27)22-18-24-23-17(29-18)13-2-3-13)21-19(28)26-10-8-25(9-11-26)15-6-4-14(20)5-7-15/h4-7,12-13H,2-3,8-11H2,1H3,(H,21,28)(H,22,24,27). The Labute approximate surface area is 172 Å². The zero-order chi connectivity index (χ0) is 20.4. The van der Waals surface area contributed by atoms with Crippen LogP contribution in [0.3, 0.4) is 0 Å². The lowest BCUT2D eigenvalue weighted by molar-refractivity contribution is -0.117. The molecule has 1 unspecified atom stereocenters. The molecule has 2 heterocycles. The number of hydrogen-bond donors (Lipinski definition) is 2. The van der Waals surface area contributed by atoms with Crippen molar-refractivity contribution in [1.82, 2.24) is 20.4 Å². The summed E-state index contributed by atoms with van der Waals surface area (Å²) in [4.78, 5) is 28.6. The Morgan fingerprint density at radius 1 is 1.14 bits per heavy atom. The van der Waals surface area contributed by atoms with Crippen LogP contribution in [-0.2, 0) is 4.79 Å². The summed E-state index contributed by atoms with van der Waals surface area (Å²) in [6, 6.07) is 5.37. The van der Waals surface area contributed by atoms with Crippen LogP contribution in [0.1, 0.15) is 30.7 Å². The van der Waals surface area contributed by atoms with Gasteiger partial charge in [-0.3, -0.25) is 10.1 Å². The van der Waals surface area contributed by atoms with Crippen molar-refractivity contribution in [3.63, 3.8) is 0 Å². The van der Waals surface area contributed by atoms with Crippen LogP contribution in [-0.4, -0.2) is 59.3 Å². The molecule has 3 amide bonds. The van der Waals surface area contributed by atoms with E-state index in [0.29, 0.717) is 37.2 Å². The lowest BCUT2D eigenvalue weighted by Gasteiger charge is -2.36. The SMILES string of the molecule is CC(NC(=O)N1CCN(c2ccc(F)cc2)CC1)C(=O)Nc1nnc(C2CC2)s1. The highest BCUT2D eigenvalue weighted by molar-refractivity contribution is 7.15. The smallest absolute Gasteiger partial charge is 0.318 e. The first-order valence-electron chi connectivity index (χ1n) is 9.70. The number of nitrogens with one attached hydrogen (secondary N) is 2. The molecule has 8 nitrogen and oxygen atoms in total. The third kappa shape index (κ3) is 4.81. The Morgan fingerprint density at radius 2 is 1.83 bits per heavy atom. The van der Waals surface area contributed by atoms with Crippen molar-refractivity contribution in [2.24, 2.45) is 0 Å². The number of anilines is 2. The molecular weight excluding hydrogens is 395 g/mol. The van der Waals surface area contributed by atoms with E-state index in [1.54, 1.807) is 24.0 Å². The Morgan fingerprint density at radius 3 is 2.48 bits per heavy atom. The summed E-state index contributed by atoms with van der Waals surface area (Å²) in [5.74, 6) is -0.0954. The van der Waals surface area contributed by atoms with Crippen molar-refractivity contribution in [3.8, 4) is 0 Å². The number of amides is 3. The second-order valence-electron chi connectivity index (χ2n) is 7.33. The molecule has 1 aromatic heterocycles. The fourth-order valence-corrected chi connectivity index (χ4v) is 4.07. The van der Waals surface area contributed by atoms with Crippen LogP contribution < -0.4 is 15.5 Å². The first kappa shape index (κ1) is 19.6. The molecule has 0 spiro atoms. The minimum Gasteiger partial charge on any atom is -0.368 e. The molecule has 2 fully saturated rings. The maximum Gasteiger partial charge on any atom is 0.318 e. The molecule has 2 aromatic rings. The normalized spacial score (nSPS) is 17.7. The molecule has 0 radical (unpaired) electrons. The summed E-state index contributed by atoms with van der Waals surface area (Å²) in [6.45, 7) is 3.99.